The third-order valence-electron chi connectivity index (χ3n) is 8.86. The number of unbranched alkanes of at least 4 members (excludes halogenated alkanes) is 19. The van der Waals surface area contributed by atoms with Gasteiger partial charge in [0.1, 0.15) is 24.4 Å². The number of aliphatic hydroxyl groups excluding tert-OH is 5. The Morgan fingerprint density at radius 3 is 1.73 bits per heavy atom. The maximum absolute atomic E-state index is 12.8. The van der Waals surface area contributed by atoms with Gasteiger partial charge in [-0.2, -0.15) is 0 Å². The molecule has 1 aliphatic rings. The normalized spacial score (nSPS) is 23.4. The van der Waals surface area contributed by atoms with Gasteiger partial charge in [-0.3, -0.25) is 4.79 Å². The molecule has 1 fully saturated rings. The van der Waals surface area contributed by atoms with Gasteiger partial charge in [0.15, 0.2) is 6.29 Å². The summed E-state index contributed by atoms with van der Waals surface area (Å²) in [7, 11) is 0. The zero-order valence-electron chi connectivity index (χ0n) is 28.6. The molecular formula is C36H69NO8. The van der Waals surface area contributed by atoms with Gasteiger partial charge in [-0.25, -0.2) is 0 Å². The highest BCUT2D eigenvalue weighted by Crippen LogP contribution is 2.22. The van der Waals surface area contributed by atoms with E-state index in [1.807, 2.05) is 6.08 Å². The van der Waals surface area contributed by atoms with Crippen LogP contribution in [0.3, 0.4) is 0 Å². The lowest BCUT2D eigenvalue weighted by atomic mass is 9.99. The molecular weight excluding hydrogens is 574 g/mol. The van der Waals surface area contributed by atoms with Gasteiger partial charge in [-0.15, -0.1) is 0 Å². The number of amides is 1. The van der Waals surface area contributed by atoms with Gasteiger partial charge in [-0.05, 0) is 19.3 Å². The van der Waals surface area contributed by atoms with E-state index in [4.69, 9.17) is 9.47 Å². The lowest BCUT2D eigenvalue weighted by Crippen LogP contribution is -2.60. The molecule has 9 heteroatoms. The maximum atomic E-state index is 12.8. The Morgan fingerprint density at radius 1 is 0.733 bits per heavy atom. The summed E-state index contributed by atoms with van der Waals surface area (Å²) < 4.78 is 11.1. The van der Waals surface area contributed by atoms with Crippen LogP contribution in [0.15, 0.2) is 12.2 Å². The molecule has 0 aliphatic carbocycles. The molecule has 1 aliphatic heterocycles. The summed E-state index contributed by atoms with van der Waals surface area (Å²) in [6, 6.07) is -0.794. The highest BCUT2D eigenvalue weighted by molar-refractivity contribution is 5.76. The van der Waals surface area contributed by atoms with Crippen LogP contribution < -0.4 is 5.32 Å². The van der Waals surface area contributed by atoms with Crippen LogP contribution in [-0.2, 0) is 14.3 Å². The SMILES string of the molecule is CCCCCCCCC/C=C/C(O)C(COC1OC(CO)C(O)C(O)C1O)NC(=O)CCCCCCCCCCCCCCC. The fourth-order valence-electron chi connectivity index (χ4n) is 5.80. The molecule has 0 bridgehead atoms. The number of rotatable bonds is 29. The molecule has 1 heterocycles. The lowest BCUT2D eigenvalue weighted by Gasteiger charge is -2.40. The topological polar surface area (TPSA) is 149 Å². The Hall–Kier alpha value is -1.07. The van der Waals surface area contributed by atoms with Crippen LogP contribution in [0, 0.1) is 0 Å². The van der Waals surface area contributed by atoms with Crippen molar-refractivity contribution in [2.75, 3.05) is 13.2 Å². The minimum Gasteiger partial charge on any atom is -0.394 e. The van der Waals surface area contributed by atoms with Gasteiger partial charge < -0.3 is 40.3 Å². The molecule has 0 radical (unpaired) electrons. The molecule has 0 aromatic heterocycles. The number of nitrogens with one attached hydrogen (secondary N) is 1. The molecule has 266 valence electrons. The van der Waals surface area contributed by atoms with Gasteiger partial charge in [0, 0.05) is 6.42 Å². The molecule has 7 unspecified atom stereocenters. The molecule has 0 saturated carbocycles. The van der Waals surface area contributed by atoms with Gasteiger partial charge in [-0.1, -0.05) is 142 Å². The third kappa shape index (κ3) is 20.0. The Balaban J connectivity index is 2.46. The van der Waals surface area contributed by atoms with E-state index in [1.54, 1.807) is 6.08 Å². The summed E-state index contributed by atoms with van der Waals surface area (Å²) in [5.74, 6) is -0.181. The van der Waals surface area contributed by atoms with Crippen LogP contribution in [0.1, 0.15) is 155 Å². The molecule has 1 saturated heterocycles. The van der Waals surface area contributed by atoms with Gasteiger partial charge >= 0.3 is 0 Å². The number of hydrogen-bond donors (Lipinski definition) is 6. The second-order valence-electron chi connectivity index (χ2n) is 13.0. The molecule has 6 N–H and O–H groups in total. The number of carbonyl (C=O) groups is 1. The molecule has 0 spiro atoms. The number of ether oxygens (including phenoxy) is 2. The van der Waals surface area contributed by atoms with Crippen LogP contribution >= 0.6 is 0 Å². The van der Waals surface area contributed by atoms with Crippen molar-refractivity contribution < 1.29 is 39.8 Å². The number of carbonyl (C=O) groups excluding carboxylic acids is 1. The van der Waals surface area contributed by atoms with E-state index in [9.17, 15) is 30.3 Å². The fourth-order valence-corrected chi connectivity index (χ4v) is 5.80. The monoisotopic (exact) mass is 644 g/mol. The van der Waals surface area contributed by atoms with E-state index in [2.05, 4.69) is 19.2 Å². The van der Waals surface area contributed by atoms with Crippen LogP contribution in [0.4, 0.5) is 0 Å². The Morgan fingerprint density at radius 2 is 1.22 bits per heavy atom. The standard InChI is InChI=1S/C36H69NO8/c1-3-5-7-9-11-13-14-15-16-18-20-22-24-26-32(40)37-29(30(39)25-23-21-19-17-12-10-8-6-4-2)28-44-36-35(43)34(42)33(41)31(27-38)45-36/h23,25,29-31,33-36,38-39,41-43H,3-22,24,26-28H2,1-2H3,(H,37,40)/b25-23+. The second kappa shape index (κ2) is 28.0. The second-order valence-corrected chi connectivity index (χ2v) is 13.0. The number of aliphatic hydroxyl groups is 5. The van der Waals surface area contributed by atoms with Crippen molar-refractivity contribution >= 4 is 5.91 Å². The third-order valence-corrected chi connectivity index (χ3v) is 8.86. The van der Waals surface area contributed by atoms with E-state index < -0.39 is 49.5 Å². The summed E-state index contributed by atoms with van der Waals surface area (Å²) in [6.45, 7) is 3.71. The summed E-state index contributed by atoms with van der Waals surface area (Å²) in [5.41, 5.74) is 0. The molecule has 7 atom stereocenters. The van der Waals surface area contributed by atoms with E-state index >= 15 is 0 Å². The zero-order chi connectivity index (χ0) is 33.1. The van der Waals surface area contributed by atoms with Crippen LogP contribution in [0.25, 0.3) is 0 Å². The van der Waals surface area contributed by atoms with Crippen molar-refractivity contribution in [3.8, 4) is 0 Å². The van der Waals surface area contributed by atoms with E-state index in [1.165, 1.54) is 96.3 Å². The van der Waals surface area contributed by atoms with Crippen molar-refractivity contribution in [3.05, 3.63) is 12.2 Å². The van der Waals surface area contributed by atoms with Crippen molar-refractivity contribution in [1.82, 2.24) is 5.32 Å². The Bertz CT molecular complexity index is 721. The van der Waals surface area contributed by atoms with Crippen LogP contribution in [0.5, 0.6) is 0 Å². The van der Waals surface area contributed by atoms with Crippen molar-refractivity contribution in [2.24, 2.45) is 0 Å². The minimum absolute atomic E-state index is 0.181. The van der Waals surface area contributed by atoms with Gasteiger partial charge in [0.05, 0.1) is 25.4 Å². The van der Waals surface area contributed by atoms with Gasteiger partial charge in [0.2, 0.25) is 5.91 Å². The summed E-state index contributed by atoms with van der Waals surface area (Å²) in [6.07, 6.45) is 21.2. The summed E-state index contributed by atoms with van der Waals surface area (Å²) in [4.78, 5) is 12.8. The first kappa shape index (κ1) is 42.0. The van der Waals surface area contributed by atoms with E-state index in [-0.39, 0.29) is 12.5 Å². The average molecular weight is 644 g/mol. The largest absolute Gasteiger partial charge is 0.394 e. The van der Waals surface area contributed by atoms with Crippen LogP contribution in [0.2, 0.25) is 0 Å². The maximum Gasteiger partial charge on any atom is 0.220 e. The van der Waals surface area contributed by atoms with Crippen molar-refractivity contribution in [2.45, 2.75) is 198 Å². The molecule has 1 rings (SSSR count). The molecule has 0 aromatic rings. The fraction of sp³-hybridized carbons (Fsp3) is 0.917. The molecule has 1 amide bonds. The first-order valence-corrected chi connectivity index (χ1v) is 18.4. The molecule has 9 nitrogen and oxygen atoms in total. The number of hydrogen-bond acceptors (Lipinski definition) is 8. The first-order valence-electron chi connectivity index (χ1n) is 18.4. The highest BCUT2D eigenvalue weighted by Gasteiger charge is 2.44. The first-order chi connectivity index (χ1) is 21.8. The van der Waals surface area contributed by atoms with E-state index in [0.29, 0.717) is 6.42 Å². The predicted molar refractivity (Wildman–Crippen MR) is 180 cm³/mol. The molecule has 0 aromatic carbocycles. The average Bonchev–Trinajstić information content (AvgIpc) is 3.04. The Labute approximate surface area is 274 Å². The van der Waals surface area contributed by atoms with Crippen molar-refractivity contribution in [1.29, 1.82) is 0 Å². The zero-order valence-corrected chi connectivity index (χ0v) is 28.6. The number of allylic oxidation sites excluding steroid dienone is 1. The predicted octanol–water partition coefficient (Wildman–Crippen LogP) is 5.83. The summed E-state index contributed by atoms with van der Waals surface area (Å²) in [5, 5.41) is 53.7. The highest BCUT2D eigenvalue weighted by atomic mass is 16.7. The quantitative estimate of drug-likeness (QED) is 0.0441. The smallest absolute Gasteiger partial charge is 0.220 e. The lowest BCUT2D eigenvalue weighted by molar-refractivity contribution is -0.302. The van der Waals surface area contributed by atoms with Crippen molar-refractivity contribution in [3.63, 3.8) is 0 Å². The molecule has 45 heavy (non-hydrogen) atoms. The van der Waals surface area contributed by atoms with Crippen LogP contribution in [-0.4, -0.2) is 87.5 Å². The van der Waals surface area contributed by atoms with E-state index in [0.717, 1.165) is 38.5 Å². The van der Waals surface area contributed by atoms with Gasteiger partial charge in [0.25, 0.3) is 0 Å². The summed E-state index contributed by atoms with van der Waals surface area (Å²) >= 11 is 0. The Kier molecular flexibility index (Phi) is 26.1. The minimum atomic E-state index is -1.56.